The lowest BCUT2D eigenvalue weighted by Crippen LogP contribution is -2.50. The van der Waals surface area contributed by atoms with Crippen LogP contribution in [0.4, 0.5) is 4.79 Å². The summed E-state index contributed by atoms with van der Waals surface area (Å²) in [4.78, 5) is 26.3. The molecule has 0 radical (unpaired) electrons. The Balaban J connectivity index is 1.67. The van der Waals surface area contributed by atoms with Crippen LogP contribution in [0.25, 0.3) is 0 Å². The molecular weight excluding hydrogens is 416 g/mol. The van der Waals surface area contributed by atoms with E-state index < -0.39 is 18.2 Å². The Morgan fingerprint density at radius 2 is 1.36 bits per heavy atom. The van der Waals surface area contributed by atoms with E-state index in [1.54, 1.807) is 4.90 Å². The van der Waals surface area contributed by atoms with Gasteiger partial charge in [0.1, 0.15) is 6.61 Å². The van der Waals surface area contributed by atoms with Gasteiger partial charge in [-0.15, -0.1) is 0 Å². The molecule has 6 nitrogen and oxygen atoms in total. The molecule has 0 fully saturated rings. The molecule has 0 aromatic heterocycles. The summed E-state index contributed by atoms with van der Waals surface area (Å²) in [6, 6.07) is 28.0. The van der Waals surface area contributed by atoms with Crippen molar-refractivity contribution in [3.8, 4) is 0 Å². The number of carbonyl (C=O) groups excluding carboxylic acids is 2. The van der Waals surface area contributed by atoms with Gasteiger partial charge in [0.15, 0.2) is 0 Å². The van der Waals surface area contributed by atoms with Crippen LogP contribution in [0.3, 0.4) is 0 Å². The van der Waals surface area contributed by atoms with Crippen molar-refractivity contribution < 1.29 is 19.4 Å². The maximum absolute atomic E-state index is 12.5. The Bertz CT molecular complexity index is 996. The smallest absolute Gasteiger partial charge is 0.407 e. The van der Waals surface area contributed by atoms with E-state index in [4.69, 9.17) is 4.74 Å². The number of hydrogen-bond acceptors (Lipinski definition) is 4. The first-order chi connectivity index (χ1) is 16.0. The van der Waals surface area contributed by atoms with E-state index in [0.29, 0.717) is 13.0 Å². The van der Waals surface area contributed by atoms with E-state index in [2.05, 4.69) is 5.32 Å². The van der Waals surface area contributed by atoms with Crippen molar-refractivity contribution in [3.63, 3.8) is 0 Å². The molecule has 0 heterocycles. The number of nitrogens with zero attached hydrogens (tertiary/aromatic N) is 1. The molecule has 0 saturated carbocycles. The van der Waals surface area contributed by atoms with Gasteiger partial charge in [-0.05, 0) is 23.1 Å². The summed E-state index contributed by atoms with van der Waals surface area (Å²) in [5, 5.41) is 13.8. The Labute approximate surface area is 194 Å². The molecule has 0 aliphatic rings. The molecule has 3 aromatic carbocycles. The molecule has 0 aliphatic carbocycles. The fraction of sp³-hybridized carbons (Fsp3) is 0.259. The number of alkyl carbamates (subject to hydrolysis) is 1. The molecule has 0 bridgehead atoms. The Kier molecular flexibility index (Phi) is 9.03. The van der Waals surface area contributed by atoms with Crippen LogP contribution in [0.2, 0.25) is 0 Å². The van der Waals surface area contributed by atoms with Crippen molar-refractivity contribution in [2.75, 3.05) is 6.54 Å². The highest BCUT2D eigenvalue weighted by molar-refractivity contribution is 5.73. The summed E-state index contributed by atoms with van der Waals surface area (Å²) < 4.78 is 5.35. The molecule has 0 aliphatic heterocycles. The van der Waals surface area contributed by atoms with Crippen molar-refractivity contribution in [2.45, 2.75) is 38.6 Å². The molecule has 3 aromatic rings. The van der Waals surface area contributed by atoms with Gasteiger partial charge in [-0.25, -0.2) is 4.79 Å². The Hall–Kier alpha value is -3.64. The van der Waals surface area contributed by atoms with Gasteiger partial charge in [0.25, 0.3) is 0 Å². The van der Waals surface area contributed by atoms with E-state index in [1.807, 2.05) is 91.0 Å². The molecule has 172 valence electrons. The zero-order valence-corrected chi connectivity index (χ0v) is 18.8. The number of hydrogen-bond donors (Lipinski definition) is 2. The van der Waals surface area contributed by atoms with Crippen molar-refractivity contribution in [1.29, 1.82) is 0 Å². The van der Waals surface area contributed by atoms with Gasteiger partial charge < -0.3 is 20.1 Å². The lowest BCUT2D eigenvalue weighted by Gasteiger charge is -2.29. The average molecular weight is 447 g/mol. The van der Waals surface area contributed by atoms with Crippen LogP contribution in [0.5, 0.6) is 0 Å². The van der Waals surface area contributed by atoms with Gasteiger partial charge in [0, 0.05) is 20.0 Å². The molecule has 2 N–H and O–H groups in total. The van der Waals surface area contributed by atoms with E-state index in [1.165, 1.54) is 6.92 Å². The quantitative estimate of drug-likeness (QED) is 0.495. The van der Waals surface area contributed by atoms with E-state index in [9.17, 15) is 14.7 Å². The predicted octanol–water partition coefficient (Wildman–Crippen LogP) is 3.93. The van der Waals surface area contributed by atoms with Crippen molar-refractivity contribution in [1.82, 2.24) is 10.2 Å². The number of amides is 2. The molecule has 3 rings (SSSR count). The number of rotatable bonds is 10. The largest absolute Gasteiger partial charge is 0.445 e. The minimum absolute atomic E-state index is 0.0840. The van der Waals surface area contributed by atoms with E-state index >= 15 is 0 Å². The monoisotopic (exact) mass is 446 g/mol. The summed E-state index contributed by atoms with van der Waals surface area (Å²) in [5.41, 5.74) is 2.80. The summed E-state index contributed by atoms with van der Waals surface area (Å²) >= 11 is 0. The van der Waals surface area contributed by atoms with Crippen LogP contribution in [0.1, 0.15) is 23.6 Å². The van der Waals surface area contributed by atoms with Crippen molar-refractivity contribution >= 4 is 12.0 Å². The number of carbonyl (C=O) groups is 2. The van der Waals surface area contributed by atoms with Gasteiger partial charge >= 0.3 is 6.09 Å². The standard InChI is InChI=1S/C27H30N2O4/c1-21(30)29(18-23-13-7-3-8-14-23)19-26(31)25(17-22-11-5-2-6-12-22)28-27(32)33-20-24-15-9-4-10-16-24/h2-16,25-26,31H,17-20H2,1H3,(H,28,32)/t25-,26+/m0/s1. The summed E-state index contributed by atoms with van der Waals surface area (Å²) in [7, 11) is 0. The number of ether oxygens (including phenoxy) is 1. The van der Waals surface area contributed by atoms with Crippen LogP contribution < -0.4 is 5.32 Å². The number of benzene rings is 3. The van der Waals surface area contributed by atoms with E-state index in [0.717, 1.165) is 16.7 Å². The molecule has 2 amide bonds. The van der Waals surface area contributed by atoms with Crippen molar-refractivity contribution in [2.24, 2.45) is 0 Å². The molecule has 6 heteroatoms. The zero-order chi connectivity index (χ0) is 23.5. The Morgan fingerprint density at radius 3 is 1.91 bits per heavy atom. The minimum atomic E-state index is -0.984. The SMILES string of the molecule is CC(=O)N(Cc1ccccc1)C[C@@H](O)[C@H](Cc1ccccc1)NC(=O)OCc1ccccc1. The normalized spacial score (nSPS) is 12.4. The molecule has 33 heavy (non-hydrogen) atoms. The Morgan fingerprint density at radius 1 is 0.848 bits per heavy atom. The number of aliphatic hydroxyl groups excluding tert-OH is 1. The van der Waals surface area contributed by atoms with Gasteiger partial charge in [-0.3, -0.25) is 4.79 Å². The maximum atomic E-state index is 12.5. The highest BCUT2D eigenvalue weighted by Gasteiger charge is 2.26. The third kappa shape index (κ3) is 8.09. The molecule has 0 spiro atoms. The predicted molar refractivity (Wildman–Crippen MR) is 127 cm³/mol. The van der Waals surface area contributed by atoms with Crippen LogP contribution >= 0.6 is 0 Å². The number of aliphatic hydroxyl groups is 1. The second-order valence-electron chi connectivity index (χ2n) is 7.95. The third-order valence-electron chi connectivity index (χ3n) is 5.35. The highest BCUT2D eigenvalue weighted by atomic mass is 16.5. The topological polar surface area (TPSA) is 78.9 Å². The zero-order valence-electron chi connectivity index (χ0n) is 18.8. The molecule has 2 atom stereocenters. The van der Waals surface area contributed by atoms with Crippen LogP contribution in [-0.2, 0) is 29.1 Å². The first kappa shape index (κ1) is 24.0. The van der Waals surface area contributed by atoms with Gasteiger partial charge in [-0.2, -0.15) is 0 Å². The van der Waals surface area contributed by atoms with Gasteiger partial charge in [-0.1, -0.05) is 91.0 Å². The summed E-state index contributed by atoms with van der Waals surface area (Å²) in [5.74, 6) is -0.150. The third-order valence-corrected chi connectivity index (χ3v) is 5.35. The van der Waals surface area contributed by atoms with E-state index in [-0.39, 0.29) is 19.1 Å². The van der Waals surface area contributed by atoms with Gasteiger partial charge in [0.05, 0.1) is 12.1 Å². The number of nitrogens with one attached hydrogen (secondary N) is 1. The van der Waals surface area contributed by atoms with Crippen molar-refractivity contribution in [3.05, 3.63) is 108 Å². The minimum Gasteiger partial charge on any atom is -0.445 e. The van der Waals surface area contributed by atoms with Crippen LogP contribution in [0.15, 0.2) is 91.0 Å². The molecule has 0 saturated heterocycles. The highest BCUT2D eigenvalue weighted by Crippen LogP contribution is 2.12. The fourth-order valence-corrected chi connectivity index (χ4v) is 3.53. The lowest BCUT2D eigenvalue weighted by atomic mass is 10.0. The maximum Gasteiger partial charge on any atom is 0.407 e. The summed E-state index contributed by atoms with van der Waals surface area (Å²) in [6.45, 7) is 2.07. The van der Waals surface area contributed by atoms with Crippen LogP contribution in [-0.4, -0.2) is 40.7 Å². The summed E-state index contributed by atoms with van der Waals surface area (Å²) in [6.07, 6.45) is -1.20. The second kappa shape index (κ2) is 12.4. The van der Waals surface area contributed by atoms with Gasteiger partial charge in [0.2, 0.25) is 5.91 Å². The first-order valence-electron chi connectivity index (χ1n) is 11.0. The molecule has 0 unspecified atom stereocenters. The molecular formula is C27H30N2O4. The fourth-order valence-electron chi connectivity index (χ4n) is 3.53. The second-order valence-corrected chi connectivity index (χ2v) is 7.95. The lowest BCUT2D eigenvalue weighted by molar-refractivity contribution is -0.131. The first-order valence-corrected chi connectivity index (χ1v) is 11.0. The average Bonchev–Trinajstić information content (AvgIpc) is 2.84. The van der Waals surface area contributed by atoms with Crippen LogP contribution in [0, 0.1) is 0 Å².